The summed E-state index contributed by atoms with van der Waals surface area (Å²) in [4.78, 5) is 0. The van der Waals surface area contributed by atoms with Crippen LogP contribution < -0.4 is 0 Å². The Kier molecular flexibility index (Phi) is 5.29. The zero-order chi connectivity index (χ0) is 8.43. The molecule has 0 unspecified atom stereocenters. The fourth-order valence-corrected chi connectivity index (χ4v) is 0.977. The first-order valence-electron chi connectivity index (χ1n) is 2.89. The molecule has 1 nitrogen and oxygen atoms in total. The molecule has 5 heteroatoms. The van der Waals surface area contributed by atoms with Gasteiger partial charge in [-0.25, -0.2) is 8.78 Å². The van der Waals surface area contributed by atoms with Crippen molar-refractivity contribution >= 4 is 41.2 Å². The molecular weight excluding hydrogens is 197 g/mol. The normalized spacial score (nSPS) is 9.33. The van der Waals surface area contributed by atoms with Crippen molar-refractivity contribution < 1.29 is 13.9 Å². The molecule has 1 N–H and O–H groups in total. The molecule has 1 radical (unpaired) electrons. The van der Waals surface area contributed by atoms with Crippen LogP contribution in [0.2, 0.25) is 5.02 Å². The van der Waals surface area contributed by atoms with Crippen molar-refractivity contribution in [3.63, 3.8) is 0 Å². The van der Waals surface area contributed by atoms with E-state index in [4.69, 9.17) is 16.7 Å². The fraction of sp³-hybridized carbons (Fsp3) is 0.143. The zero-order valence-corrected chi connectivity index (χ0v) is 9.20. The van der Waals surface area contributed by atoms with Crippen LogP contribution in [0.15, 0.2) is 12.1 Å². The number of hydrogen-bond donors (Lipinski definition) is 1. The van der Waals surface area contributed by atoms with Crippen LogP contribution in [0, 0.1) is 11.6 Å². The van der Waals surface area contributed by atoms with Gasteiger partial charge in [-0.05, 0) is 6.07 Å². The third-order valence-electron chi connectivity index (χ3n) is 1.26. The Morgan fingerprint density at radius 2 is 1.92 bits per heavy atom. The Hall–Kier alpha value is 0.330. The van der Waals surface area contributed by atoms with Gasteiger partial charge in [0.05, 0.1) is 11.6 Å². The first kappa shape index (κ1) is 12.3. The van der Waals surface area contributed by atoms with E-state index in [-0.39, 0.29) is 40.1 Å². The molecule has 0 aliphatic carbocycles. The molecule has 0 atom stereocenters. The number of aliphatic hydroxyl groups excluding tert-OH is 1. The maximum absolute atomic E-state index is 12.6. The number of halogens is 3. The molecule has 0 aliphatic rings. The largest absolute Gasteiger partial charge is 0.392 e. The summed E-state index contributed by atoms with van der Waals surface area (Å²) in [6, 6.07) is 1.63. The van der Waals surface area contributed by atoms with Crippen molar-refractivity contribution in [1.29, 1.82) is 0 Å². The van der Waals surface area contributed by atoms with Gasteiger partial charge in [0.1, 0.15) is 11.6 Å². The van der Waals surface area contributed by atoms with Gasteiger partial charge in [0.25, 0.3) is 0 Å². The molecule has 0 bridgehead atoms. The smallest absolute Gasteiger partial charge is 0.133 e. The van der Waals surface area contributed by atoms with Gasteiger partial charge in [0.15, 0.2) is 0 Å². The van der Waals surface area contributed by atoms with E-state index >= 15 is 0 Å². The first-order valence-corrected chi connectivity index (χ1v) is 3.27. The van der Waals surface area contributed by atoms with E-state index in [0.29, 0.717) is 6.07 Å². The number of rotatable bonds is 1. The molecule has 1 rings (SSSR count). The summed E-state index contributed by atoms with van der Waals surface area (Å²) in [5.74, 6) is -1.57. The van der Waals surface area contributed by atoms with Crippen molar-refractivity contribution in [3.05, 3.63) is 34.4 Å². The van der Waals surface area contributed by atoms with Crippen LogP contribution in [0.1, 0.15) is 5.56 Å². The predicted molar refractivity (Wildman–Crippen MR) is 43.0 cm³/mol. The summed E-state index contributed by atoms with van der Waals surface area (Å²) in [6.07, 6.45) is 0. The van der Waals surface area contributed by atoms with E-state index < -0.39 is 18.2 Å². The van der Waals surface area contributed by atoms with Gasteiger partial charge >= 0.3 is 0 Å². The van der Waals surface area contributed by atoms with Gasteiger partial charge in [-0.2, -0.15) is 0 Å². The minimum Gasteiger partial charge on any atom is -0.392 e. The molecule has 0 fully saturated rings. The Morgan fingerprint density at radius 3 is 2.33 bits per heavy atom. The molecular formula is C7H5ClF2NaO. The molecule has 1 aromatic rings. The van der Waals surface area contributed by atoms with Crippen LogP contribution in [0.5, 0.6) is 0 Å². The van der Waals surface area contributed by atoms with Crippen molar-refractivity contribution in [1.82, 2.24) is 0 Å². The second-order valence-electron chi connectivity index (χ2n) is 2.01. The van der Waals surface area contributed by atoms with Gasteiger partial charge in [-0.3, -0.25) is 0 Å². The van der Waals surface area contributed by atoms with E-state index in [1.165, 1.54) is 0 Å². The monoisotopic (exact) mass is 201 g/mol. The number of hydrogen-bond acceptors (Lipinski definition) is 1. The van der Waals surface area contributed by atoms with Crippen LogP contribution in [0.3, 0.4) is 0 Å². The van der Waals surface area contributed by atoms with Gasteiger partial charge in [-0.15, -0.1) is 0 Å². The van der Waals surface area contributed by atoms with Crippen molar-refractivity contribution in [3.8, 4) is 0 Å². The van der Waals surface area contributed by atoms with E-state index in [1.54, 1.807) is 0 Å². The minimum absolute atomic E-state index is 0. The fourth-order valence-electron chi connectivity index (χ4n) is 0.723. The molecule has 0 spiro atoms. The summed E-state index contributed by atoms with van der Waals surface area (Å²) in [6.45, 7) is -0.523. The molecule has 12 heavy (non-hydrogen) atoms. The predicted octanol–water partition coefficient (Wildman–Crippen LogP) is 1.73. The average Bonchev–Trinajstić information content (AvgIpc) is 1.85. The second-order valence-corrected chi connectivity index (χ2v) is 2.41. The minimum atomic E-state index is -0.822. The van der Waals surface area contributed by atoms with E-state index in [1.807, 2.05) is 0 Å². The van der Waals surface area contributed by atoms with E-state index in [2.05, 4.69) is 0 Å². The summed E-state index contributed by atoms with van der Waals surface area (Å²) >= 11 is 5.39. The maximum Gasteiger partial charge on any atom is 0.133 e. The molecule has 0 saturated heterocycles. The Balaban J connectivity index is 0.00000121. The van der Waals surface area contributed by atoms with Crippen LogP contribution in [0.4, 0.5) is 8.78 Å². The van der Waals surface area contributed by atoms with Crippen molar-refractivity contribution in [2.45, 2.75) is 6.61 Å². The Labute approximate surface area is 95.6 Å². The van der Waals surface area contributed by atoms with E-state index in [0.717, 1.165) is 6.07 Å². The van der Waals surface area contributed by atoms with Gasteiger partial charge < -0.3 is 5.11 Å². The molecule has 0 amide bonds. The van der Waals surface area contributed by atoms with Crippen LogP contribution in [0.25, 0.3) is 0 Å². The third-order valence-corrected chi connectivity index (χ3v) is 1.60. The third kappa shape index (κ3) is 2.68. The topological polar surface area (TPSA) is 20.2 Å². The Morgan fingerprint density at radius 1 is 1.33 bits per heavy atom. The average molecular weight is 202 g/mol. The SMILES string of the molecule is OCc1c(F)cc(F)cc1Cl.[Na]. The zero-order valence-electron chi connectivity index (χ0n) is 6.44. The van der Waals surface area contributed by atoms with Gasteiger partial charge in [-0.1, -0.05) is 11.6 Å². The summed E-state index contributed by atoms with van der Waals surface area (Å²) in [5.41, 5.74) is -0.0759. The van der Waals surface area contributed by atoms with E-state index in [9.17, 15) is 8.78 Å². The molecule has 1 aromatic carbocycles. The summed E-state index contributed by atoms with van der Waals surface area (Å²) in [7, 11) is 0. The first-order chi connectivity index (χ1) is 5.15. The standard InChI is InChI=1S/C7H5ClF2O.Na/c8-6-1-4(9)2-7(10)5(6)3-11;/h1-2,11H,3H2;. The molecule has 0 saturated carbocycles. The number of benzene rings is 1. The molecule has 0 aliphatic heterocycles. The second kappa shape index (κ2) is 5.14. The number of aliphatic hydroxyl groups is 1. The summed E-state index contributed by atoms with van der Waals surface area (Å²) < 4.78 is 25.0. The van der Waals surface area contributed by atoms with Gasteiger partial charge in [0, 0.05) is 41.2 Å². The van der Waals surface area contributed by atoms with Crippen LogP contribution >= 0.6 is 11.6 Å². The quantitative estimate of drug-likeness (QED) is 0.686. The van der Waals surface area contributed by atoms with Crippen molar-refractivity contribution in [2.24, 2.45) is 0 Å². The van der Waals surface area contributed by atoms with Gasteiger partial charge in [0.2, 0.25) is 0 Å². The summed E-state index contributed by atoms with van der Waals surface area (Å²) in [5, 5.41) is 8.45. The Bertz CT molecular complexity index is 257. The molecule has 0 heterocycles. The molecule has 0 aromatic heterocycles. The van der Waals surface area contributed by atoms with Crippen LogP contribution in [-0.4, -0.2) is 34.7 Å². The van der Waals surface area contributed by atoms with Crippen molar-refractivity contribution in [2.75, 3.05) is 0 Å². The van der Waals surface area contributed by atoms with Crippen LogP contribution in [-0.2, 0) is 6.61 Å². The maximum atomic E-state index is 12.6. The molecule has 61 valence electrons.